The van der Waals surface area contributed by atoms with Crippen LogP contribution in [0.5, 0.6) is 0 Å². The second-order valence-corrected chi connectivity index (χ2v) is 5.47. The van der Waals surface area contributed by atoms with Crippen LogP contribution in [0, 0.1) is 11.8 Å². The Bertz CT molecular complexity index is 194. The zero-order chi connectivity index (χ0) is 12.0. The van der Waals surface area contributed by atoms with Gasteiger partial charge in [0.2, 0.25) is 0 Å². The molecule has 96 valence electrons. The van der Waals surface area contributed by atoms with Crippen LogP contribution in [-0.4, -0.2) is 35.5 Å². The predicted molar refractivity (Wildman–Crippen MR) is 66.3 cm³/mol. The van der Waals surface area contributed by atoms with Crippen molar-refractivity contribution < 1.29 is 10.2 Å². The molecule has 0 bridgehead atoms. The average molecular weight is 229 g/mol. The summed E-state index contributed by atoms with van der Waals surface area (Å²) >= 11 is 0. The van der Waals surface area contributed by atoms with Gasteiger partial charge in [0.25, 0.3) is 0 Å². The fourth-order valence-electron chi connectivity index (χ4n) is 2.45. The molecule has 1 fully saturated rings. The molecule has 0 radical (unpaired) electrons. The van der Waals surface area contributed by atoms with Crippen molar-refractivity contribution in [2.45, 2.75) is 51.6 Å². The first-order chi connectivity index (χ1) is 7.59. The Morgan fingerprint density at radius 2 is 1.88 bits per heavy atom. The number of aliphatic hydroxyl groups is 2. The lowest BCUT2D eigenvalue weighted by Gasteiger charge is -2.31. The highest BCUT2D eigenvalue weighted by molar-refractivity contribution is 4.79. The quantitative estimate of drug-likeness (QED) is 0.647. The van der Waals surface area contributed by atoms with Gasteiger partial charge < -0.3 is 15.5 Å². The lowest BCUT2D eigenvalue weighted by molar-refractivity contribution is 0.0516. The molecule has 3 nitrogen and oxygen atoms in total. The molecule has 3 atom stereocenters. The molecule has 0 aromatic heterocycles. The summed E-state index contributed by atoms with van der Waals surface area (Å²) in [5, 5.41) is 22.5. The van der Waals surface area contributed by atoms with E-state index in [2.05, 4.69) is 5.32 Å². The van der Waals surface area contributed by atoms with Gasteiger partial charge in [-0.3, -0.25) is 0 Å². The van der Waals surface area contributed by atoms with E-state index >= 15 is 0 Å². The lowest BCUT2D eigenvalue weighted by atomic mass is 9.79. The van der Waals surface area contributed by atoms with E-state index < -0.39 is 5.60 Å². The van der Waals surface area contributed by atoms with E-state index in [4.69, 9.17) is 0 Å². The van der Waals surface area contributed by atoms with Gasteiger partial charge in [-0.25, -0.2) is 0 Å². The first-order valence-electron chi connectivity index (χ1n) is 6.63. The van der Waals surface area contributed by atoms with Gasteiger partial charge in [0.05, 0.1) is 5.60 Å². The zero-order valence-corrected chi connectivity index (χ0v) is 10.7. The summed E-state index contributed by atoms with van der Waals surface area (Å²) in [4.78, 5) is 0. The minimum absolute atomic E-state index is 0.316. The second kappa shape index (κ2) is 6.58. The number of hydrogen-bond donors (Lipinski definition) is 3. The topological polar surface area (TPSA) is 52.5 Å². The van der Waals surface area contributed by atoms with E-state index in [1.807, 2.05) is 13.8 Å². The van der Waals surface area contributed by atoms with Gasteiger partial charge in [0, 0.05) is 13.2 Å². The Morgan fingerprint density at radius 3 is 2.44 bits per heavy atom. The number of nitrogens with one attached hydrogen (secondary N) is 1. The van der Waals surface area contributed by atoms with Crippen molar-refractivity contribution in [2.75, 3.05) is 19.7 Å². The van der Waals surface area contributed by atoms with Gasteiger partial charge in [0.15, 0.2) is 0 Å². The van der Waals surface area contributed by atoms with E-state index in [0.29, 0.717) is 25.0 Å². The molecule has 0 aromatic carbocycles. The maximum Gasteiger partial charge on any atom is 0.0740 e. The molecule has 0 spiro atoms. The van der Waals surface area contributed by atoms with Crippen molar-refractivity contribution >= 4 is 0 Å². The van der Waals surface area contributed by atoms with Gasteiger partial charge in [-0.2, -0.15) is 0 Å². The van der Waals surface area contributed by atoms with Crippen LogP contribution in [0.15, 0.2) is 0 Å². The number of rotatable bonds is 6. The molecular formula is C13H27NO2. The molecular weight excluding hydrogens is 202 g/mol. The van der Waals surface area contributed by atoms with Crippen LogP contribution in [0.3, 0.4) is 0 Å². The molecule has 1 aliphatic rings. The molecule has 3 heteroatoms. The normalized spacial score (nSPS) is 30.0. The summed E-state index contributed by atoms with van der Waals surface area (Å²) in [5.41, 5.74) is -0.594. The molecule has 3 N–H and O–H groups in total. The fourth-order valence-corrected chi connectivity index (χ4v) is 2.45. The molecule has 0 aromatic rings. The highest BCUT2D eigenvalue weighted by Gasteiger charge is 2.25. The molecule has 0 saturated heterocycles. The predicted octanol–water partition coefficient (Wildman–Crippen LogP) is 1.54. The Morgan fingerprint density at radius 1 is 1.25 bits per heavy atom. The van der Waals surface area contributed by atoms with Crippen LogP contribution in [0.2, 0.25) is 0 Å². The van der Waals surface area contributed by atoms with Crippen LogP contribution in [0.1, 0.15) is 46.0 Å². The Labute approximate surface area is 99.3 Å². The van der Waals surface area contributed by atoms with Gasteiger partial charge in [0.1, 0.15) is 0 Å². The molecule has 1 rings (SSSR count). The van der Waals surface area contributed by atoms with Crippen molar-refractivity contribution in [3.8, 4) is 0 Å². The lowest BCUT2D eigenvalue weighted by Crippen LogP contribution is -2.41. The van der Waals surface area contributed by atoms with Gasteiger partial charge in [-0.05, 0) is 44.6 Å². The first kappa shape index (κ1) is 13.9. The average Bonchev–Trinajstić information content (AvgIpc) is 2.29. The van der Waals surface area contributed by atoms with E-state index in [1.54, 1.807) is 0 Å². The summed E-state index contributed by atoms with van der Waals surface area (Å²) in [6, 6.07) is 0. The van der Waals surface area contributed by atoms with E-state index in [-0.39, 0.29) is 0 Å². The van der Waals surface area contributed by atoms with Crippen molar-refractivity contribution in [3.63, 3.8) is 0 Å². The van der Waals surface area contributed by atoms with Crippen molar-refractivity contribution in [1.29, 1.82) is 0 Å². The molecule has 1 aliphatic carbocycles. The van der Waals surface area contributed by atoms with Crippen LogP contribution >= 0.6 is 0 Å². The summed E-state index contributed by atoms with van der Waals surface area (Å²) in [5.74, 6) is 1.05. The summed E-state index contributed by atoms with van der Waals surface area (Å²) in [7, 11) is 0. The minimum atomic E-state index is -0.594. The Kier molecular flexibility index (Phi) is 5.73. The SMILES string of the molecule is CCC(C)(O)CNCC1CCCCC1CO. The zero-order valence-electron chi connectivity index (χ0n) is 10.7. The summed E-state index contributed by atoms with van der Waals surface area (Å²) in [6.45, 7) is 5.76. The molecule has 1 saturated carbocycles. The Hall–Kier alpha value is -0.120. The second-order valence-electron chi connectivity index (χ2n) is 5.47. The third kappa shape index (κ3) is 4.40. The van der Waals surface area contributed by atoms with Crippen LogP contribution in [-0.2, 0) is 0 Å². The molecule has 0 aliphatic heterocycles. The van der Waals surface area contributed by atoms with Crippen molar-refractivity contribution in [3.05, 3.63) is 0 Å². The first-order valence-corrected chi connectivity index (χ1v) is 6.63. The molecule has 3 unspecified atom stereocenters. The minimum Gasteiger partial charge on any atom is -0.396 e. The molecule has 0 amide bonds. The third-order valence-electron chi connectivity index (χ3n) is 3.98. The monoisotopic (exact) mass is 229 g/mol. The van der Waals surface area contributed by atoms with E-state index in [0.717, 1.165) is 19.4 Å². The smallest absolute Gasteiger partial charge is 0.0740 e. The fraction of sp³-hybridized carbons (Fsp3) is 1.00. The van der Waals surface area contributed by atoms with Gasteiger partial charge in [-0.1, -0.05) is 19.8 Å². The van der Waals surface area contributed by atoms with Gasteiger partial charge in [-0.15, -0.1) is 0 Å². The van der Waals surface area contributed by atoms with E-state index in [9.17, 15) is 10.2 Å². The Balaban J connectivity index is 2.25. The summed E-state index contributed by atoms with van der Waals surface area (Å²) < 4.78 is 0. The standard InChI is InChI=1S/C13H27NO2/c1-3-13(2,16)10-14-8-11-6-4-5-7-12(11)9-15/h11-12,14-16H,3-10H2,1-2H3. The van der Waals surface area contributed by atoms with Crippen molar-refractivity contribution in [2.24, 2.45) is 11.8 Å². The maximum atomic E-state index is 9.86. The largest absolute Gasteiger partial charge is 0.396 e. The maximum absolute atomic E-state index is 9.86. The molecule has 0 heterocycles. The van der Waals surface area contributed by atoms with Gasteiger partial charge >= 0.3 is 0 Å². The van der Waals surface area contributed by atoms with Crippen LogP contribution in [0.4, 0.5) is 0 Å². The summed E-state index contributed by atoms with van der Waals surface area (Å²) in [6.07, 6.45) is 5.69. The van der Waals surface area contributed by atoms with Crippen molar-refractivity contribution in [1.82, 2.24) is 5.32 Å². The highest BCUT2D eigenvalue weighted by atomic mass is 16.3. The highest BCUT2D eigenvalue weighted by Crippen LogP contribution is 2.29. The van der Waals surface area contributed by atoms with Crippen LogP contribution in [0.25, 0.3) is 0 Å². The van der Waals surface area contributed by atoms with E-state index in [1.165, 1.54) is 19.3 Å². The third-order valence-corrected chi connectivity index (χ3v) is 3.98. The molecule has 16 heavy (non-hydrogen) atoms. The number of hydrogen-bond acceptors (Lipinski definition) is 3. The number of aliphatic hydroxyl groups excluding tert-OH is 1. The van der Waals surface area contributed by atoms with Crippen LogP contribution < -0.4 is 5.32 Å².